The summed E-state index contributed by atoms with van der Waals surface area (Å²) in [5.74, 6) is 0. The number of rotatable bonds is 7. The molecule has 0 saturated heterocycles. The average molecular weight is 248 g/mol. The maximum Gasteiger partial charge on any atom is 0.0717 e. The molecular formula is C15H24N2O. The molecule has 0 fully saturated rings. The number of hydrogen-bond acceptors (Lipinski definition) is 3. The Labute approximate surface area is 110 Å². The molecule has 1 atom stereocenters. The first-order valence-electron chi connectivity index (χ1n) is 6.32. The maximum absolute atomic E-state index is 9.94. The van der Waals surface area contributed by atoms with Gasteiger partial charge in [-0.1, -0.05) is 18.2 Å². The Kier molecular flexibility index (Phi) is 5.72. The van der Waals surface area contributed by atoms with Gasteiger partial charge in [-0.3, -0.25) is 0 Å². The Hall–Kier alpha value is -1.48. The third-order valence-electron chi connectivity index (χ3n) is 2.96. The van der Waals surface area contributed by atoms with E-state index in [0.29, 0.717) is 6.54 Å². The molecule has 0 amide bonds. The first kappa shape index (κ1) is 14.6. The minimum atomic E-state index is -0.316. The fourth-order valence-corrected chi connectivity index (χ4v) is 1.98. The summed E-state index contributed by atoms with van der Waals surface area (Å²) in [5, 5.41) is 9.94. The van der Waals surface area contributed by atoms with Crippen LogP contribution < -0.4 is 9.80 Å². The second-order valence-electron chi connectivity index (χ2n) is 4.78. The second-order valence-corrected chi connectivity index (χ2v) is 4.78. The predicted octanol–water partition coefficient (Wildman–Crippen LogP) is 2.52. The van der Waals surface area contributed by atoms with Crippen LogP contribution in [0, 0.1) is 0 Å². The highest BCUT2D eigenvalue weighted by Crippen LogP contribution is 2.26. The first-order chi connectivity index (χ1) is 8.56. The molecule has 3 nitrogen and oxygen atoms in total. The fourth-order valence-electron chi connectivity index (χ4n) is 1.98. The smallest absolute Gasteiger partial charge is 0.0717 e. The summed E-state index contributed by atoms with van der Waals surface area (Å²) in [6.07, 6.45) is 3.14. The molecule has 18 heavy (non-hydrogen) atoms. The van der Waals surface area contributed by atoms with Gasteiger partial charge in [0.25, 0.3) is 0 Å². The van der Waals surface area contributed by atoms with Crippen LogP contribution >= 0.6 is 0 Å². The standard InChI is InChI=1S/C15H24N2O/c1-5-6-9-13(18)12-17(4)15-11-8-7-10-14(15)16(2)3/h5,7-8,10-11,13,18H,1,6,9,12H2,2-4H3. The van der Waals surface area contributed by atoms with Crippen molar-refractivity contribution in [3.8, 4) is 0 Å². The Balaban J connectivity index is 2.71. The van der Waals surface area contributed by atoms with E-state index in [4.69, 9.17) is 0 Å². The number of aliphatic hydroxyl groups excluding tert-OH is 1. The number of benzene rings is 1. The van der Waals surface area contributed by atoms with Crippen LogP contribution in [0.3, 0.4) is 0 Å². The van der Waals surface area contributed by atoms with Crippen molar-refractivity contribution in [1.29, 1.82) is 0 Å². The Morgan fingerprint density at radius 3 is 2.39 bits per heavy atom. The van der Waals surface area contributed by atoms with Crippen LogP contribution in [0.1, 0.15) is 12.8 Å². The van der Waals surface area contributed by atoms with Crippen molar-refractivity contribution in [3.63, 3.8) is 0 Å². The van der Waals surface area contributed by atoms with Crippen LogP contribution in [0.4, 0.5) is 11.4 Å². The second kappa shape index (κ2) is 7.07. The van der Waals surface area contributed by atoms with E-state index in [-0.39, 0.29) is 6.10 Å². The monoisotopic (exact) mass is 248 g/mol. The number of anilines is 2. The Bertz CT molecular complexity index is 377. The van der Waals surface area contributed by atoms with Gasteiger partial charge in [0.1, 0.15) is 0 Å². The maximum atomic E-state index is 9.94. The topological polar surface area (TPSA) is 26.7 Å². The van der Waals surface area contributed by atoms with Gasteiger partial charge in [0.15, 0.2) is 0 Å². The van der Waals surface area contributed by atoms with Crippen LogP contribution in [0.5, 0.6) is 0 Å². The number of para-hydroxylation sites is 2. The zero-order valence-corrected chi connectivity index (χ0v) is 11.6. The fraction of sp³-hybridized carbons (Fsp3) is 0.467. The summed E-state index contributed by atoms with van der Waals surface area (Å²) in [6.45, 7) is 4.31. The van der Waals surface area contributed by atoms with E-state index in [1.54, 1.807) is 0 Å². The minimum absolute atomic E-state index is 0.316. The lowest BCUT2D eigenvalue weighted by atomic mass is 10.1. The average Bonchev–Trinajstić information content (AvgIpc) is 2.36. The van der Waals surface area contributed by atoms with E-state index in [0.717, 1.165) is 24.2 Å². The molecule has 0 heterocycles. The number of aliphatic hydroxyl groups is 1. The van der Waals surface area contributed by atoms with Gasteiger partial charge < -0.3 is 14.9 Å². The molecule has 0 saturated carbocycles. The van der Waals surface area contributed by atoms with E-state index >= 15 is 0 Å². The molecule has 0 aliphatic heterocycles. The summed E-state index contributed by atoms with van der Waals surface area (Å²) >= 11 is 0. The van der Waals surface area contributed by atoms with Gasteiger partial charge in [-0.05, 0) is 25.0 Å². The summed E-state index contributed by atoms with van der Waals surface area (Å²) in [6, 6.07) is 8.22. The molecule has 100 valence electrons. The number of allylic oxidation sites excluding steroid dienone is 1. The van der Waals surface area contributed by atoms with E-state index in [1.807, 2.05) is 39.4 Å². The largest absolute Gasteiger partial charge is 0.391 e. The van der Waals surface area contributed by atoms with Gasteiger partial charge in [0.2, 0.25) is 0 Å². The number of nitrogens with zero attached hydrogens (tertiary/aromatic N) is 2. The van der Waals surface area contributed by atoms with Gasteiger partial charge in [-0.2, -0.15) is 0 Å². The molecule has 0 bridgehead atoms. The van der Waals surface area contributed by atoms with Crippen LogP contribution in [0.25, 0.3) is 0 Å². The third-order valence-corrected chi connectivity index (χ3v) is 2.96. The van der Waals surface area contributed by atoms with Crippen LogP contribution in [-0.4, -0.2) is 38.9 Å². The SMILES string of the molecule is C=CCCC(O)CN(C)c1ccccc1N(C)C. The van der Waals surface area contributed by atoms with Crippen molar-refractivity contribution in [1.82, 2.24) is 0 Å². The van der Waals surface area contributed by atoms with Crippen molar-refractivity contribution < 1.29 is 5.11 Å². The van der Waals surface area contributed by atoms with Crippen molar-refractivity contribution in [2.75, 3.05) is 37.5 Å². The van der Waals surface area contributed by atoms with Gasteiger partial charge in [-0.15, -0.1) is 6.58 Å². The third kappa shape index (κ3) is 4.08. The highest BCUT2D eigenvalue weighted by atomic mass is 16.3. The molecule has 0 aliphatic rings. The highest BCUT2D eigenvalue weighted by molar-refractivity contribution is 5.70. The molecule has 1 rings (SSSR count). The number of likely N-dealkylation sites (N-methyl/N-ethyl adjacent to an activating group) is 1. The van der Waals surface area contributed by atoms with Crippen molar-refractivity contribution >= 4 is 11.4 Å². The molecule has 1 N–H and O–H groups in total. The van der Waals surface area contributed by atoms with Crippen LogP contribution in [-0.2, 0) is 0 Å². The molecular weight excluding hydrogens is 224 g/mol. The van der Waals surface area contributed by atoms with Gasteiger partial charge in [-0.25, -0.2) is 0 Å². The zero-order chi connectivity index (χ0) is 13.5. The first-order valence-corrected chi connectivity index (χ1v) is 6.32. The quantitative estimate of drug-likeness (QED) is 0.751. The molecule has 1 aromatic carbocycles. The molecule has 0 radical (unpaired) electrons. The van der Waals surface area contributed by atoms with Crippen molar-refractivity contribution in [2.24, 2.45) is 0 Å². The molecule has 1 aromatic rings. The van der Waals surface area contributed by atoms with Crippen LogP contribution in [0.15, 0.2) is 36.9 Å². The lowest BCUT2D eigenvalue weighted by Crippen LogP contribution is -2.30. The summed E-state index contributed by atoms with van der Waals surface area (Å²) in [4.78, 5) is 4.19. The van der Waals surface area contributed by atoms with E-state index in [9.17, 15) is 5.11 Å². The molecule has 0 aromatic heterocycles. The van der Waals surface area contributed by atoms with Crippen molar-refractivity contribution in [2.45, 2.75) is 18.9 Å². The normalized spacial score (nSPS) is 12.0. The molecule has 1 unspecified atom stereocenters. The number of hydrogen-bond donors (Lipinski definition) is 1. The van der Waals surface area contributed by atoms with E-state index < -0.39 is 0 Å². The lowest BCUT2D eigenvalue weighted by molar-refractivity contribution is 0.172. The Morgan fingerprint density at radius 2 is 1.83 bits per heavy atom. The van der Waals surface area contributed by atoms with Gasteiger partial charge >= 0.3 is 0 Å². The van der Waals surface area contributed by atoms with Gasteiger partial charge in [0, 0.05) is 27.7 Å². The molecule has 3 heteroatoms. The summed E-state index contributed by atoms with van der Waals surface area (Å²) in [7, 11) is 6.07. The van der Waals surface area contributed by atoms with Crippen LogP contribution in [0.2, 0.25) is 0 Å². The lowest BCUT2D eigenvalue weighted by Gasteiger charge is -2.27. The predicted molar refractivity (Wildman–Crippen MR) is 79.5 cm³/mol. The summed E-state index contributed by atoms with van der Waals surface area (Å²) in [5.41, 5.74) is 2.30. The summed E-state index contributed by atoms with van der Waals surface area (Å²) < 4.78 is 0. The highest BCUT2D eigenvalue weighted by Gasteiger charge is 2.12. The van der Waals surface area contributed by atoms with E-state index in [1.165, 1.54) is 0 Å². The zero-order valence-electron chi connectivity index (χ0n) is 11.6. The molecule has 0 aliphatic carbocycles. The molecule has 0 spiro atoms. The van der Waals surface area contributed by atoms with E-state index in [2.05, 4.69) is 28.5 Å². The Morgan fingerprint density at radius 1 is 1.22 bits per heavy atom. The van der Waals surface area contributed by atoms with Crippen molar-refractivity contribution in [3.05, 3.63) is 36.9 Å². The minimum Gasteiger partial charge on any atom is -0.391 e. The van der Waals surface area contributed by atoms with Gasteiger partial charge in [0.05, 0.1) is 17.5 Å².